The summed E-state index contributed by atoms with van der Waals surface area (Å²) in [7, 11) is 0. The lowest BCUT2D eigenvalue weighted by atomic mass is 10.1. The third-order valence-corrected chi connectivity index (χ3v) is 4.15. The molecule has 1 unspecified atom stereocenters. The highest BCUT2D eigenvalue weighted by Crippen LogP contribution is 2.17. The van der Waals surface area contributed by atoms with E-state index in [2.05, 4.69) is 26.8 Å². The lowest BCUT2D eigenvalue weighted by Gasteiger charge is -2.11. The molecule has 0 spiro atoms. The molecule has 0 radical (unpaired) electrons. The minimum atomic E-state index is -0.0748. The molecule has 5 nitrogen and oxygen atoms in total. The van der Waals surface area contributed by atoms with Gasteiger partial charge in [0.15, 0.2) is 5.69 Å². The van der Waals surface area contributed by atoms with Gasteiger partial charge in [-0.1, -0.05) is 13.8 Å². The average molecular weight is 273 g/mol. The van der Waals surface area contributed by atoms with E-state index in [4.69, 9.17) is 0 Å². The van der Waals surface area contributed by atoms with E-state index < -0.39 is 0 Å². The van der Waals surface area contributed by atoms with Crippen molar-refractivity contribution < 1.29 is 4.98 Å². The summed E-state index contributed by atoms with van der Waals surface area (Å²) >= 11 is 0. The molecule has 0 saturated carbocycles. The van der Waals surface area contributed by atoms with Gasteiger partial charge in [-0.05, 0) is 25.3 Å². The summed E-state index contributed by atoms with van der Waals surface area (Å²) in [5, 5.41) is 0. The van der Waals surface area contributed by atoms with Crippen molar-refractivity contribution in [2.75, 3.05) is 18.0 Å². The molecule has 3 heterocycles. The number of rotatable bonds is 3. The summed E-state index contributed by atoms with van der Waals surface area (Å²) < 4.78 is 0. The SMILES string of the molecule is CCC(C)c1nc2[nH+]c(N3CCCC3)ccc2[nH]c1=O. The van der Waals surface area contributed by atoms with Gasteiger partial charge in [0.05, 0.1) is 13.1 Å². The Morgan fingerprint density at radius 1 is 1.40 bits per heavy atom. The molecule has 1 aliphatic heterocycles. The van der Waals surface area contributed by atoms with Crippen LogP contribution < -0.4 is 15.4 Å². The molecule has 3 rings (SSSR count). The van der Waals surface area contributed by atoms with Gasteiger partial charge in [0.2, 0.25) is 5.82 Å². The van der Waals surface area contributed by atoms with Crippen LogP contribution in [0.1, 0.15) is 44.7 Å². The summed E-state index contributed by atoms with van der Waals surface area (Å²) in [6.07, 6.45) is 3.39. The molecular formula is C15H21N4O+. The molecule has 1 fully saturated rings. The van der Waals surface area contributed by atoms with Crippen molar-refractivity contribution in [2.24, 2.45) is 0 Å². The quantitative estimate of drug-likeness (QED) is 0.928. The fourth-order valence-electron chi connectivity index (χ4n) is 2.69. The fourth-order valence-corrected chi connectivity index (χ4v) is 2.69. The van der Waals surface area contributed by atoms with Crippen LogP contribution >= 0.6 is 0 Å². The highest BCUT2D eigenvalue weighted by atomic mass is 16.1. The number of fused-ring (bicyclic) bond motifs is 1. The summed E-state index contributed by atoms with van der Waals surface area (Å²) in [5.41, 5.74) is 2.08. The lowest BCUT2D eigenvalue weighted by Crippen LogP contribution is -2.28. The number of nitrogens with zero attached hydrogens (tertiary/aromatic N) is 2. The normalized spacial score (nSPS) is 16.8. The van der Waals surface area contributed by atoms with Crippen LogP contribution in [-0.2, 0) is 0 Å². The van der Waals surface area contributed by atoms with Crippen LogP contribution in [0.4, 0.5) is 5.82 Å². The number of nitrogens with one attached hydrogen (secondary N) is 2. The molecular weight excluding hydrogens is 252 g/mol. The second-order valence-corrected chi connectivity index (χ2v) is 5.56. The van der Waals surface area contributed by atoms with E-state index in [1.54, 1.807) is 0 Å². The molecule has 1 atom stereocenters. The zero-order valence-electron chi connectivity index (χ0n) is 12.1. The Bertz CT molecular complexity index is 673. The third kappa shape index (κ3) is 2.28. The first-order valence-electron chi connectivity index (χ1n) is 7.40. The van der Waals surface area contributed by atoms with E-state index in [-0.39, 0.29) is 11.5 Å². The minimum Gasteiger partial charge on any atom is -0.314 e. The molecule has 0 amide bonds. The monoisotopic (exact) mass is 273 g/mol. The predicted octanol–water partition coefficient (Wildman–Crippen LogP) is 1.85. The van der Waals surface area contributed by atoms with Crippen LogP contribution in [0.25, 0.3) is 11.2 Å². The first-order valence-corrected chi connectivity index (χ1v) is 7.40. The van der Waals surface area contributed by atoms with Gasteiger partial charge in [0.25, 0.3) is 11.2 Å². The highest BCUT2D eigenvalue weighted by Gasteiger charge is 2.20. The highest BCUT2D eigenvalue weighted by molar-refractivity contribution is 5.67. The molecule has 20 heavy (non-hydrogen) atoms. The van der Waals surface area contributed by atoms with Gasteiger partial charge in [-0.25, -0.2) is 4.98 Å². The van der Waals surface area contributed by atoms with Crippen LogP contribution in [0.15, 0.2) is 16.9 Å². The van der Waals surface area contributed by atoms with Gasteiger partial charge in [-0.3, -0.25) is 9.69 Å². The van der Waals surface area contributed by atoms with Crippen molar-refractivity contribution in [1.29, 1.82) is 0 Å². The summed E-state index contributed by atoms with van der Waals surface area (Å²) in [4.78, 5) is 25.2. The molecule has 106 valence electrons. The number of aromatic nitrogens is 3. The Kier molecular flexibility index (Phi) is 3.42. The largest absolute Gasteiger partial charge is 0.314 e. The summed E-state index contributed by atoms with van der Waals surface area (Å²) in [6, 6.07) is 3.96. The summed E-state index contributed by atoms with van der Waals surface area (Å²) in [6.45, 7) is 6.28. The fraction of sp³-hybridized carbons (Fsp3) is 0.533. The van der Waals surface area contributed by atoms with Crippen molar-refractivity contribution in [3.05, 3.63) is 28.2 Å². The van der Waals surface area contributed by atoms with Crippen LogP contribution in [0.3, 0.4) is 0 Å². The Hall–Kier alpha value is -1.91. The first-order chi connectivity index (χ1) is 9.69. The van der Waals surface area contributed by atoms with Gasteiger partial charge >= 0.3 is 0 Å². The molecule has 5 heteroatoms. The number of hydrogen-bond donors (Lipinski definition) is 1. The van der Waals surface area contributed by atoms with Gasteiger partial charge in [0, 0.05) is 12.0 Å². The molecule has 2 aromatic heterocycles. The Labute approximate surface area is 118 Å². The number of pyridine rings is 1. The van der Waals surface area contributed by atoms with Crippen molar-refractivity contribution in [2.45, 2.75) is 39.0 Å². The molecule has 2 N–H and O–H groups in total. The maximum Gasteiger partial charge on any atom is 0.287 e. The maximum absolute atomic E-state index is 12.0. The van der Waals surface area contributed by atoms with E-state index in [1.807, 2.05) is 19.1 Å². The molecule has 2 aromatic rings. The summed E-state index contributed by atoms with van der Waals surface area (Å²) in [5.74, 6) is 1.26. The molecule has 0 aliphatic carbocycles. The lowest BCUT2D eigenvalue weighted by molar-refractivity contribution is -0.333. The zero-order valence-corrected chi connectivity index (χ0v) is 12.1. The zero-order chi connectivity index (χ0) is 14.1. The van der Waals surface area contributed by atoms with E-state index in [0.29, 0.717) is 5.69 Å². The van der Waals surface area contributed by atoms with E-state index in [9.17, 15) is 4.79 Å². The molecule has 1 saturated heterocycles. The predicted molar refractivity (Wildman–Crippen MR) is 79.1 cm³/mol. The smallest absolute Gasteiger partial charge is 0.287 e. The second kappa shape index (κ2) is 5.23. The number of hydrogen-bond acceptors (Lipinski definition) is 3. The Morgan fingerprint density at radius 3 is 2.85 bits per heavy atom. The van der Waals surface area contributed by atoms with Gasteiger partial charge in [0.1, 0.15) is 5.52 Å². The van der Waals surface area contributed by atoms with Crippen LogP contribution in [0.2, 0.25) is 0 Å². The van der Waals surface area contributed by atoms with E-state index in [1.165, 1.54) is 12.8 Å². The third-order valence-electron chi connectivity index (χ3n) is 4.15. The van der Waals surface area contributed by atoms with Crippen molar-refractivity contribution >= 4 is 17.0 Å². The van der Waals surface area contributed by atoms with Crippen LogP contribution in [-0.4, -0.2) is 23.1 Å². The van der Waals surface area contributed by atoms with Gasteiger partial charge < -0.3 is 4.98 Å². The van der Waals surface area contributed by atoms with Crippen molar-refractivity contribution in [3.8, 4) is 0 Å². The maximum atomic E-state index is 12.0. The average Bonchev–Trinajstić information content (AvgIpc) is 2.99. The number of anilines is 1. The van der Waals surface area contributed by atoms with E-state index >= 15 is 0 Å². The molecule has 0 aromatic carbocycles. The van der Waals surface area contributed by atoms with Crippen molar-refractivity contribution in [1.82, 2.24) is 9.97 Å². The Balaban J connectivity index is 2.07. The van der Waals surface area contributed by atoms with Crippen LogP contribution in [0.5, 0.6) is 0 Å². The van der Waals surface area contributed by atoms with Crippen molar-refractivity contribution in [3.63, 3.8) is 0 Å². The van der Waals surface area contributed by atoms with Crippen LogP contribution in [0, 0.1) is 0 Å². The second-order valence-electron chi connectivity index (χ2n) is 5.56. The standard InChI is InChI=1S/C15H20N4O/c1-3-10(2)13-15(20)16-11-6-7-12(17-14(11)18-13)19-8-4-5-9-19/h6-7,10H,3-5,8-9H2,1-2H3,(H,16,20)/p+1. The van der Waals surface area contributed by atoms with Gasteiger partial charge in [-0.15, -0.1) is 4.98 Å². The van der Waals surface area contributed by atoms with Gasteiger partial charge in [-0.2, -0.15) is 0 Å². The molecule has 1 aliphatic rings. The topological polar surface area (TPSA) is 63.1 Å². The minimum absolute atomic E-state index is 0.0748. The first kappa shape index (κ1) is 13.1. The molecule has 0 bridgehead atoms. The van der Waals surface area contributed by atoms with E-state index in [0.717, 1.165) is 36.5 Å². The number of aromatic amines is 2. The number of H-pyrrole nitrogens is 2. The Morgan fingerprint density at radius 2 is 2.15 bits per heavy atom.